The Hall–Kier alpha value is -4.57. The molecule has 5 unspecified atom stereocenters. The molecule has 0 aromatic heterocycles. The highest BCUT2D eigenvalue weighted by molar-refractivity contribution is 7.47. The second-order valence-electron chi connectivity index (χ2n) is 27.9. The van der Waals surface area contributed by atoms with Gasteiger partial charge in [0.1, 0.15) is 25.4 Å². The van der Waals surface area contributed by atoms with Gasteiger partial charge in [-0.05, 0) is 141 Å². The average Bonchev–Trinajstić information content (AvgIpc) is 0.914. The number of hydrogen-bond donors (Lipinski definition) is 4. The fraction of sp³-hybridized carbons (Fsp3) is 0.697. The summed E-state index contributed by atoms with van der Waals surface area (Å²) in [5.41, 5.74) is 0. The van der Waals surface area contributed by atoms with Gasteiger partial charge in [0.2, 0.25) is 0 Å². The van der Waals surface area contributed by atoms with Crippen molar-refractivity contribution in [1.29, 1.82) is 0 Å². The van der Waals surface area contributed by atoms with Crippen LogP contribution in [0.3, 0.4) is 0 Å². The van der Waals surface area contributed by atoms with Crippen molar-refractivity contribution in [2.75, 3.05) is 39.6 Å². The van der Waals surface area contributed by atoms with Crippen LogP contribution in [0.4, 0.5) is 0 Å². The molecule has 0 fully saturated rings. The molecule has 18 heteroatoms. The number of hydrogen-bond acceptors (Lipinski definition) is 14. The summed E-state index contributed by atoms with van der Waals surface area (Å²) in [4.78, 5) is 58.8. The summed E-state index contributed by atoms with van der Waals surface area (Å²) >= 11 is 0. The van der Waals surface area contributed by atoms with E-state index in [0.717, 1.165) is 173 Å². The number of carbonyl (C=O) groups is 3. The van der Waals surface area contributed by atoms with Crippen molar-refractivity contribution < 1.29 is 75.8 Å². The molecule has 107 heavy (non-hydrogen) atoms. The molecule has 0 spiro atoms. The first kappa shape index (κ1) is 102. The Morgan fingerprint density at radius 3 is 0.794 bits per heavy atom. The van der Waals surface area contributed by atoms with Crippen LogP contribution in [0.1, 0.15) is 342 Å². The van der Waals surface area contributed by atoms with E-state index < -0.39 is 91.5 Å². The standard InChI is InChI=1S/C89H152O16P2/c1-4-7-10-13-16-19-22-25-28-30-32-34-36-38-40-41-43-45-46-48-50-52-55-57-60-63-66-69-72-75-87(92)99-78-84(90)79-101-106(95,96)102-80-85(91)81-103-107(97,98)104-83-86(105-89(94)77-74-71-68-65-62-59-54-27-24-21-18-15-12-9-6-3)82-100-88(93)76-73-70-67-64-61-58-56-53-51-49-47-44-42-39-37-35-33-31-29-26-23-20-17-14-11-8-5-2/h7-8,10-11,16-17,19-20,25-29,32-35,38-40,42-43,45,54,84-86,90-91H,4-6,9,12-15,18,21-24,30-31,36-37,41,44,46-53,55-83H2,1-3H3,(H,95,96)(H,97,98)/b10-7-,11-8-,19-16-,20-17-,28-25-,29-26-,34-32-,35-33-,40-38-,42-39-,45-43-,54-27-. The van der Waals surface area contributed by atoms with Crippen LogP contribution in [0.2, 0.25) is 0 Å². The summed E-state index contributed by atoms with van der Waals surface area (Å²) in [6, 6.07) is 0. The molecule has 0 aliphatic carbocycles. The lowest BCUT2D eigenvalue weighted by Crippen LogP contribution is -2.30. The summed E-state index contributed by atoms with van der Waals surface area (Å²) in [7, 11) is -9.80. The van der Waals surface area contributed by atoms with Gasteiger partial charge >= 0.3 is 33.6 Å². The van der Waals surface area contributed by atoms with Crippen LogP contribution in [-0.2, 0) is 55.8 Å². The average molecular weight is 1540 g/mol. The third kappa shape index (κ3) is 82.2. The number of carbonyl (C=O) groups excluding carboxylic acids is 3. The molecule has 614 valence electrons. The molecule has 0 radical (unpaired) electrons. The van der Waals surface area contributed by atoms with E-state index in [1.165, 1.54) is 109 Å². The number of allylic oxidation sites excluding steroid dienone is 24. The van der Waals surface area contributed by atoms with Gasteiger partial charge in [0.25, 0.3) is 0 Å². The third-order valence-corrected chi connectivity index (χ3v) is 19.4. The molecule has 0 aliphatic rings. The van der Waals surface area contributed by atoms with Crippen LogP contribution in [0.25, 0.3) is 0 Å². The smallest absolute Gasteiger partial charge is 0.463 e. The zero-order valence-electron chi connectivity index (χ0n) is 67.3. The zero-order chi connectivity index (χ0) is 78.0. The van der Waals surface area contributed by atoms with Crippen LogP contribution in [0, 0.1) is 0 Å². The Balaban J connectivity index is 4.55. The molecule has 0 aromatic rings. The number of unbranched alkanes of at least 4 members (excludes halogenated alkanes) is 32. The maximum absolute atomic E-state index is 13.0. The minimum Gasteiger partial charge on any atom is -0.463 e. The molecule has 0 saturated heterocycles. The number of esters is 3. The van der Waals surface area contributed by atoms with E-state index >= 15 is 0 Å². The number of aliphatic hydroxyl groups is 2. The summed E-state index contributed by atoms with van der Waals surface area (Å²) in [6.45, 7) is 2.46. The molecular formula is C89H152O16P2. The number of rotatable bonds is 79. The van der Waals surface area contributed by atoms with Gasteiger partial charge in [-0.15, -0.1) is 0 Å². The van der Waals surface area contributed by atoms with Crippen molar-refractivity contribution in [3.63, 3.8) is 0 Å². The summed E-state index contributed by atoms with van der Waals surface area (Å²) in [6.07, 6.45) is 100. The van der Waals surface area contributed by atoms with E-state index in [-0.39, 0.29) is 19.3 Å². The van der Waals surface area contributed by atoms with Crippen molar-refractivity contribution in [2.24, 2.45) is 0 Å². The van der Waals surface area contributed by atoms with Gasteiger partial charge in [-0.2, -0.15) is 0 Å². The van der Waals surface area contributed by atoms with Gasteiger partial charge in [0, 0.05) is 19.3 Å². The van der Waals surface area contributed by atoms with Gasteiger partial charge in [-0.3, -0.25) is 32.5 Å². The topological polar surface area (TPSA) is 231 Å². The second kappa shape index (κ2) is 80.9. The van der Waals surface area contributed by atoms with Crippen LogP contribution < -0.4 is 0 Å². The first-order chi connectivity index (χ1) is 52.2. The largest absolute Gasteiger partial charge is 0.472 e. The minimum atomic E-state index is -4.94. The number of phosphoric acid groups is 2. The van der Waals surface area contributed by atoms with Gasteiger partial charge in [0.05, 0.1) is 26.4 Å². The fourth-order valence-corrected chi connectivity index (χ4v) is 12.8. The van der Waals surface area contributed by atoms with Crippen LogP contribution in [0.5, 0.6) is 0 Å². The molecule has 0 rings (SSSR count). The lowest BCUT2D eigenvalue weighted by atomic mass is 10.0. The predicted molar refractivity (Wildman–Crippen MR) is 445 cm³/mol. The summed E-state index contributed by atoms with van der Waals surface area (Å²) < 4.78 is 61.3. The minimum absolute atomic E-state index is 0.0924. The molecule has 0 aliphatic heterocycles. The lowest BCUT2D eigenvalue weighted by molar-refractivity contribution is -0.161. The predicted octanol–water partition coefficient (Wildman–Crippen LogP) is 25.2. The van der Waals surface area contributed by atoms with E-state index in [1.54, 1.807) is 0 Å². The van der Waals surface area contributed by atoms with Crippen molar-refractivity contribution in [1.82, 2.24) is 0 Å². The summed E-state index contributed by atoms with van der Waals surface area (Å²) in [5, 5.41) is 20.7. The SMILES string of the molecule is CC/C=C\C/C=C\C/C=C\C/C=C\C/C=C\C/C=C\CCCCCCCCCCCCC(=O)OCC(O)COP(=O)(O)OCC(O)COP(=O)(O)OCC(COC(=O)CCCCCCCCCCCCC/C=C\C/C=C\C/C=C\C/C=C\C/C=C\CC)OC(=O)CCCCCCC/C=C\CCCCCCCC. The van der Waals surface area contributed by atoms with Crippen molar-refractivity contribution >= 4 is 33.6 Å². The van der Waals surface area contributed by atoms with E-state index in [2.05, 4.69) is 167 Å². The fourth-order valence-electron chi connectivity index (χ4n) is 11.2. The molecular weight excluding hydrogens is 1390 g/mol. The Morgan fingerprint density at radius 1 is 0.271 bits per heavy atom. The molecule has 0 saturated carbocycles. The number of phosphoric ester groups is 2. The molecule has 0 aromatic carbocycles. The lowest BCUT2D eigenvalue weighted by Gasteiger charge is -2.21. The Labute approximate surface area is 651 Å². The van der Waals surface area contributed by atoms with E-state index in [9.17, 15) is 43.5 Å². The molecule has 0 amide bonds. The Kier molecular flexibility index (Phi) is 77.5. The highest BCUT2D eigenvalue weighted by Crippen LogP contribution is 2.45. The summed E-state index contributed by atoms with van der Waals surface area (Å²) in [5.74, 6) is -1.59. The normalized spacial score (nSPS) is 14.6. The number of aliphatic hydroxyl groups excluding tert-OH is 2. The highest BCUT2D eigenvalue weighted by atomic mass is 31.2. The number of ether oxygens (including phenoxy) is 3. The van der Waals surface area contributed by atoms with E-state index in [1.807, 2.05) is 0 Å². The van der Waals surface area contributed by atoms with Gasteiger partial charge in [-0.1, -0.05) is 327 Å². The highest BCUT2D eigenvalue weighted by Gasteiger charge is 2.29. The van der Waals surface area contributed by atoms with Crippen LogP contribution >= 0.6 is 15.6 Å². The molecule has 5 atom stereocenters. The third-order valence-electron chi connectivity index (χ3n) is 17.5. The maximum atomic E-state index is 13.0. The van der Waals surface area contributed by atoms with Crippen LogP contribution in [-0.4, -0.2) is 95.9 Å². The monoisotopic (exact) mass is 1540 g/mol. The Bertz CT molecular complexity index is 2530. The Morgan fingerprint density at radius 2 is 0.495 bits per heavy atom. The van der Waals surface area contributed by atoms with Crippen molar-refractivity contribution in [3.05, 3.63) is 146 Å². The van der Waals surface area contributed by atoms with Gasteiger partial charge in [0.15, 0.2) is 6.10 Å². The molecule has 0 bridgehead atoms. The molecule has 4 N–H and O–H groups in total. The molecule has 0 heterocycles. The van der Waals surface area contributed by atoms with E-state index in [0.29, 0.717) is 19.3 Å². The maximum Gasteiger partial charge on any atom is 0.472 e. The zero-order valence-corrected chi connectivity index (χ0v) is 69.1. The van der Waals surface area contributed by atoms with Crippen molar-refractivity contribution in [2.45, 2.75) is 360 Å². The van der Waals surface area contributed by atoms with Crippen molar-refractivity contribution in [3.8, 4) is 0 Å². The van der Waals surface area contributed by atoms with Crippen LogP contribution in [0.15, 0.2) is 146 Å². The first-order valence-electron chi connectivity index (χ1n) is 42.1. The van der Waals surface area contributed by atoms with Gasteiger partial charge < -0.3 is 34.2 Å². The van der Waals surface area contributed by atoms with E-state index in [4.69, 9.17) is 32.3 Å². The first-order valence-corrected chi connectivity index (χ1v) is 45.1. The second-order valence-corrected chi connectivity index (χ2v) is 30.8. The van der Waals surface area contributed by atoms with Gasteiger partial charge in [-0.25, -0.2) is 9.13 Å². The quantitative estimate of drug-likeness (QED) is 0.0146. The molecule has 16 nitrogen and oxygen atoms in total.